The zero-order valence-corrected chi connectivity index (χ0v) is 14.7. The van der Waals surface area contributed by atoms with E-state index in [1.165, 1.54) is 0 Å². The largest absolute Gasteiger partial charge is 0.482 e. The lowest BCUT2D eigenvalue weighted by Crippen LogP contribution is -2.14. The number of amides is 1. The minimum Gasteiger partial charge on any atom is -0.482 e. The maximum atomic E-state index is 12.3. The summed E-state index contributed by atoms with van der Waals surface area (Å²) in [6, 6.07) is 12.0. The third-order valence-corrected chi connectivity index (χ3v) is 3.77. The van der Waals surface area contributed by atoms with Gasteiger partial charge < -0.3 is 15.2 Å². The van der Waals surface area contributed by atoms with E-state index in [4.69, 9.17) is 9.84 Å². The van der Waals surface area contributed by atoms with Crippen LogP contribution < -0.4 is 10.1 Å². The number of ketones is 1. The Hall–Kier alpha value is -3.15. The molecular weight excluding hydrogens is 334 g/mol. The SMILES string of the molecule is Cc1ccc(C)c(C(=O)CCC(=O)Nc2ccc(OCC(=O)O)cc2)c1. The first-order valence-electron chi connectivity index (χ1n) is 8.20. The van der Waals surface area contributed by atoms with E-state index in [1.807, 2.05) is 32.0 Å². The van der Waals surface area contributed by atoms with Gasteiger partial charge in [-0.3, -0.25) is 9.59 Å². The predicted molar refractivity (Wildman–Crippen MR) is 97.7 cm³/mol. The van der Waals surface area contributed by atoms with Crippen molar-refractivity contribution in [1.29, 1.82) is 0 Å². The molecule has 0 saturated carbocycles. The molecule has 0 radical (unpaired) electrons. The number of hydrogen-bond acceptors (Lipinski definition) is 4. The fraction of sp³-hybridized carbons (Fsp3) is 0.250. The van der Waals surface area contributed by atoms with Crippen molar-refractivity contribution >= 4 is 23.3 Å². The summed E-state index contributed by atoms with van der Waals surface area (Å²) in [6.07, 6.45) is 0.222. The zero-order valence-electron chi connectivity index (χ0n) is 14.7. The van der Waals surface area contributed by atoms with Crippen LogP contribution in [0, 0.1) is 13.8 Å². The summed E-state index contributed by atoms with van der Waals surface area (Å²) < 4.78 is 5.02. The summed E-state index contributed by atoms with van der Waals surface area (Å²) in [5, 5.41) is 11.3. The Kier molecular flexibility index (Phi) is 6.49. The van der Waals surface area contributed by atoms with E-state index >= 15 is 0 Å². The van der Waals surface area contributed by atoms with Crippen LogP contribution in [-0.2, 0) is 9.59 Å². The standard InChI is InChI=1S/C20H21NO5/c1-13-3-4-14(2)17(11-13)18(22)9-10-19(23)21-15-5-7-16(8-6-15)26-12-20(24)25/h3-8,11H,9-10,12H2,1-2H3,(H,21,23)(H,24,25). The van der Waals surface area contributed by atoms with Crippen molar-refractivity contribution in [3.8, 4) is 5.75 Å². The molecule has 26 heavy (non-hydrogen) atoms. The highest BCUT2D eigenvalue weighted by Gasteiger charge is 2.12. The van der Waals surface area contributed by atoms with Gasteiger partial charge in [-0.05, 0) is 49.7 Å². The summed E-state index contributed by atoms with van der Waals surface area (Å²) in [5.74, 6) is -0.979. The minimum atomic E-state index is -1.06. The molecule has 0 spiro atoms. The Morgan fingerprint density at radius 3 is 2.35 bits per heavy atom. The number of aliphatic carboxylic acids is 1. The van der Waals surface area contributed by atoms with Gasteiger partial charge in [0.1, 0.15) is 5.75 Å². The van der Waals surface area contributed by atoms with Gasteiger partial charge in [-0.2, -0.15) is 0 Å². The number of carbonyl (C=O) groups excluding carboxylic acids is 2. The highest BCUT2D eigenvalue weighted by Crippen LogP contribution is 2.17. The van der Waals surface area contributed by atoms with Crippen LogP contribution in [0.25, 0.3) is 0 Å². The summed E-state index contributed by atoms with van der Waals surface area (Å²) in [6.45, 7) is 3.37. The number of ether oxygens (including phenoxy) is 1. The van der Waals surface area contributed by atoms with Crippen LogP contribution in [0.4, 0.5) is 5.69 Å². The molecule has 136 valence electrons. The van der Waals surface area contributed by atoms with E-state index in [0.717, 1.165) is 11.1 Å². The first-order valence-corrected chi connectivity index (χ1v) is 8.20. The van der Waals surface area contributed by atoms with Crippen LogP contribution in [0.3, 0.4) is 0 Å². The lowest BCUT2D eigenvalue weighted by Gasteiger charge is -2.08. The fourth-order valence-electron chi connectivity index (χ4n) is 2.40. The third kappa shape index (κ3) is 5.73. The number of carboxylic acid groups (broad SMARTS) is 1. The zero-order chi connectivity index (χ0) is 19.1. The van der Waals surface area contributed by atoms with Crippen molar-refractivity contribution < 1.29 is 24.2 Å². The Morgan fingerprint density at radius 1 is 1.00 bits per heavy atom. The van der Waals surface area contributed by atoms with Crippen molar-refractivity contribution in [2.75, 3.05) is 11.9 Å². The van der Waals surface area contributed by atoms with E-state index in [0.29, 0.717) is 17.0 Å². The van der Waals surface area contributed by atoms with E-state index in [1.54, 1.807) is 24.3 Å². The highest BCUT2D eigenvalue weighted by molar-refractivity contribution is 6.01. The van der Waals surface area contributed by atoms with Gasteiger partial charge in [0.25, 0.3) is 0 Å². The number of benzene rings is 2. The number of carbonyl (C=O) groups is 3. The number of aryl methyl sites for hydroxylation is 2. The number of hydrogen-bond donors (Lipinski definition) is 2. The van der Waals surface area contributed by atoms with E-state index in [2.05, 4.69) is 5.32 Å². The molecule has 2 N–H and O–H groups in total. The lowest BCUT2D eigenvalue weighted by molar-refractivity contribution is -0.139. The van der Waals surface area contributed by atoms with Crippen molar-refractivity contribution in [2.24, 2.45) is 0 Å². The third-order valence-electron chi connectivity index (χ3n) is 3.77. The summed E-state index contributed by atoms with van der Waals surface area (Å²) >= 11 is 0. The lowest BCUT2D eigenvalue weighted by atomic mass is 9.99. The molecule has 0 unspecified atom stereocenters. The van der Waals surface area contributed by atoms with Crippen molar-refractivity contribution in [3.63, 3.8) is 0 Å². The number of Topliss-reactive ketones (excluding diaryl/α,β-unsaturated/α-hetero) is 1. The quantitative estimate of drug-likeness (QED) is 0.708. The van der Waals surface area contributed by atoms with Crippen LogP contribution >= 0.6 is 0 Å². The van der Waals surface area contributed by atoms with Gasteiger partial charge in [0.05, 0.1) is 0 Å². The van der Waals surface area contributed by atoms with Crippen LogP contribution in [0.5, 0.6) is 5.75 Å². The molecule has 1 amide bonds. The number of carboxylic acids is 1. The molecule has 0 aromatic heterocycles. The summed E-state index contributed by atoms with van der Waals surface area (Å²) in [4.78, 5) is 34.8. The van der Waals surface area contributed by atoms with Gasteiger partial charge in [-0.1, -0.05) is 17.7 Å². The fourth-order valence-corrected chi connectivity index (χ4v) is 2.40. The van der Waals surface area contributed by atoms with E-state index < -0.39 is 12.6 Å². The molecule has 0 atom stereocenters. The molecule has 0 fully saturated rings. The maximum Gasteiger partial charge on any atom is 0.341 e. The molecule has 6 nitrogen and oxygen atoms in total. The van der Waals surface area contributed by atoms with Gasteiger partial charge >= 0.3 is 5.97 Å². The van der Waals surface area contributed by atoms with Gasteiger partial charge in [0.15, 0.2) is 12.4 Å². The van der Waals surface area contributed by atoms with E-state index in [9.17, 15) is 14.4 Å². The molecule has 0 aliphatic rings. The molecular formula is C20H21NO5. The Balaban J connectivity index is 1.85. The van der Waals surface area contributed by atoms with Gasteiger partial charge in [0.2, 0.25) is 5.91 Å². The second-order valence-electron chi connectivity index (χ2n) is 6.00. The van der Waals surface area contributed by atoms with Crippen molar-refractivity contribution in [2.45, 2.75) is 26.7 Å². The first kappa shape index (κ1) is 19.2. The van der Waals surface area contributed by atoms with Crippen LogP contribution in [-0.4, -0.2) is 29.4 Å². The van der Waals surface area contributed by atoms with Gasteiger partial charge in [-0.15, -0.1) is 0 Å². The Morgan fingerprint density at radius 2 is 1.69 bits per heavy atom. The number of nitrogens with one attached hydrogen (secondary N) is 1. The predicted octanol–water partition coefficient (Wildman–Crippen LogP) is 3.37. The first-order chi connectivity index (χ1) is 12.3. The average molecular weight is 355 g/mol. The van der Waals surface area contributed by atoms with Crippen LogP contribution in [0.2, 0.25) is 0 Å². The van der Waals surface area contributed by atoms with Crippen LogP contribution in [0.15, 0.2) is 42.5 Å². The van der Waals surface area contributed by atoms with Gasteiger partial charge in [-0.25, -0.2) is 4.79 Å². The number of rotatable bonds is 8. The second kappa shape index (κ2) is 8.80. The summed E-state index contributed by atoms with van der Waals surface area (Å²) in [7, 11) is 0. The van der Waals surface area contributed by atoms with E-state index in [-0.39, 0.29) is 24.5 Å². The molecule has 2 aromatic carbocycles. The minimum absolute atomic E-state index is 0.0567. The molecule has 2 rings (SSSR count). The molecule has 0 aliphatic heterocycles. The summed E-state index contributed by atoms with van der Waals surface area (Å²) in [5.41, 5.74) is 3.11. The molecule has 0 heterocycles. The van der Waals surface area contributed by atoms with Gasteiger partial charge in [0, 0.05) is 24.1 Å². The van der Waals surface area contributed by atoms with Crippen LogP contribution in [0.1, 0.15) is 34.3 Å². The van der Waals surface area contributed by atoms with Crippen molar-refractivity contribution in [1.82, 2.24) is 0 Å². The molecule has 0 saturated heterocycles. The molecule has 2 aromatic rings. The maximum absolute atomic E-state index is 12.3. The Labute approximate surface area is 151 Å². The molecule has 0 aliphatic carbocycles. The normalized spacial score (nSPS) is 10.2. The molecule has 0 bridgehead atoms. The average Bonchev–Trinajstić information content (AvgIpc) is 2.61. The highest BCUT2D eigenvalue weighted by atomic mass is 16.5. The topological polar surface area (TPSA) is 92.7 Å². The molecule has 6 heteroatoms. The second-order valence-corrected chi connectivity index (χ2v) is 6.00. The van der Waals surface area contributed by atoms with Crippen molar-refractivity contribution in [3.05, 3.63) is 59.2 Å². The Bertz CT molecular complexity index is 811. The number of anilines is 1. The monoisotopic (exact) mass is 355 g/mol. The smallest absolute Gasteiger partial charge is 0.341 e.